The molecule has 134 valence electrons. The number of aromatic nitrogens is 1. The molecule has 0 aliphatic rings. The summed E-state index contributed by atoms with van der Waals surface area (Å²) < 4.78 is 0. The van der Waals surface area contributed by atoms with Gasteiger partial charge in [-0.3, -0.25) is 9.78 Å². The highest BCUT2D eigenvalue weighted by Gasteiger charge is 2.12. The Hall–Kier alpha value is -2.92. The number of rotatable bonds is 6. The minimum Gasteiger partial charge on any atom is -0.506 e. The van der Waals surface area contributed by atoms with Crippen LogP contribution in [-0.4, -0.2) is 41.5 Å². The number of nitrogens with zero attached hydrogens (tertiary/aromatic N) is 2. The molecule has 26 heavy (non-hydrogen) atoms. The molecule has 0 unspecified atom stereocenters. The van der Waals surface area contributed by atoms with Crippen molar-refractivity contribution in [2.45, 2.75) is 12.8 Å². The zero-order valence-electron chi connectivity index (χ0n) is 15.1. The molecule has 3 rings (SSSR count). The van der Waals surface area contributed by atoms with Crippen molar-refractivity contribution in [3.8, 4) is 16.9 Å². The quantitative estimate of drug-likeness (QED) is 0.716. The van der Waals surface area contributed by atoms with Gasteiger partial charge in [0.2, 0.25) is 5.91 Å². The number of amides is 1. The molecule has 1 heterocycles. The van der Waals surface area contributed by atoms with Crippen LogP contribution >= 0.6 is 0 Å². The van der Waals surface area contributed by atoms with Crippen molar-refractivity contribution in [1.29, 1.82) is 0 Å². The molecule has 3 aromatic rings. The van der Waals surface area contributed by atoms with Crippen molar-refractivity contribution in [2.24, 2.45) is 5.73 Å². The summed E-state index contributed by atoms with van der Waals surface area (Å²) in [5.41, 5.74) is 9.43. The van der Waals surface area contributed by atoms with Gasteiger partial charge in [0.25, 0.3) is 0 Å². The Kier molecular flexibility index (Phi) is 5.19. The number of carbonyl (C=O) groups is 1. The van der Waals surface area contributed by atoms with E-state index in [1.807, 2.05) is 44.4 Å². The summed E-state index contributed by atoms with van der Waals surface area (Å²) in [5, 5.41) is 11.2. The largest absolute Gasteiger partial charge is 0.506 e. The second-order valence-electron chi connectivity index (χ2n) is 6.71. The van der Waals surface area contributed by atoms with E-state index in [-0.39, 0.29) is 5.75 Å². The van der Waals surface area contributed by atoms with Crippen LogP contribution in [0, 0.1) is 0 Å². The van der Waals surface area contributed by atoms with Crippen LogP contribution in [0.5, 0.6) is 5.75 Å². The van der Waals surface area contributed by atoms with E-state index < -0.39 is 5.91 Å². The van der Waals surface area contributed by atoms with Crippen molar-refractivity contribution in [1.82, 2.24) is 9.88 Å². The normalized spacial score (nSPS) is 11.2. The zero-order valence-corrected chi connectivity index (χ0v) is 15.1. The molecule has 0 radical (unpaired) electrons. The van der Waals surface area contributed by atoms with E-state index in [2.05, 4.69) is 9.88 Å². The lowest BCUT2D eigenvalue weighted by Gasteiger charge is -2.13. The number of hydrogen-bond donors (Lipinski definition) is 2. The molecule has 1 amide bonds. The maximum absolute atomic E-state index is 11.8. The number of nitrogens with two attached hydrogens (primary N) is 1. The second kappa shape index (κ2) is 7.54. The standard InChI is InChI=1S/C21H23N3O2/c1-24(2)10-4-6-15-11-14(7-8-18(15)21(22)26)17-12-16-5-3-9-23-20(16)19(25)13-17/h3,5,7-9,11-13,25H,4,6,10H2,1-2H3,(H2,22,26). The predicted octanol–water partition coefficient (Wildman–Crippen LogP) is 3.20. The summed E-state index contributed by atoms with van der Waals surface area (Å²) in [6.45, 7) is 0.935. The minimum absolute atomic E-state index is 0.145. The van der Waals surface area contributed by atoms with Gasteiger partial charge >= 0.3 is 0 Å². The minimum atomic E-state index is -0.415. The summed E-state index contributed by atoms with van der Waals surface area (Å²) in [4.78, 5) is 18.1. The molecular weight excluding hydrogens is 326 g/mol. The van der Waals surface area contributed by atoms with Gasteiger partial charge in [0, 0.05) is 17.1 Å². The van der Waals surface area contributed by atoms with E-state index in [1.165, 1.54) is 0 Å². The molecule has 0 aliphatic heterocycles. The molecule has 0 spiro atoms. The monoisotopic (exact) mass is 349 g/mol. The molecule has 5 nitrogen and oxygen atoms in total. The lowest BCUT2D eigenvalue weighted by atomic mass is 9.95. The molecule has 3 N–H and O–H groups in total. The van der Waals surface area contributed by atoms with Gasteiger partial charge < -0.3 is 15.7 Å². The van der Waals surface area contributed by atoms with Gasteiger partial charge in [-0.1, -0.05) is 18.2 Å². The Balaban J connectivity index is 2.01. The molecule has 0 bridgehead atoms. The SMILES string of the molecule is CN(C)CCCc1cc(-c2cc(O)c3ncccc3c2)ccc1C(N)=O. The third-order valence-corrected chi connectivity index (χ3v) is 4.44. The van der Waals surface area contributed by atoms with Crippen LogP contribution in [0.2, 0.25) is 0 Å². The van der Waals surface area contributed by atoms with Crippen molar-refractivity contribution in [2.75, 3.05) is 20.6 Å². The maximum Gasteiger partial charge on any atom is 0.248 e. The van der Waals surface area contributed by atoms with Gasteiger partial charge in [-0.25, -0.2) is 0 Å². The third-order valence-electron chi connectivity index (χ3n) is 4.44. The van der Waals surface area contributed by atoms with Crippen LogP contribution in [0.3, 0.4) is 0 Å². The first-order valence-corrected chi connectivity index (χ1v) is 8.61. The molecule has 0 aliphatic carbocycles. The first-order chi connectivity index (χ1) is 12.5. The highest BCUT2D eigenvalue weighted by Crippen LogP contribution is 2.31. The highest BCUT2D eigenvalue weighted by atomic mass is 16.3. The number of fused-ring (bicyclic) bond motifs is 1. The van der Waals surface area contributed by atoms with Crippen LogP contribution in [0.25, 0.3) is 22.0 Å². The van der Waals surface area contributed by atoms with Crippen LogP contribution in [-0.2, 0) is 6.42 Å². The Morgan fingerprint density at radius 3 is 2.69 bits per heavy atom. The first kappa shape index (κ1) is 17.9. The van der Waals surface area contributed by atoms with E-state index in [1.54, 1.807) is 18.3 Å². The second-order valence-corrected chi connectivity index (χ2v) is 6.71. The Bertz CT molecular complexity index is 951. The molecule has 2 aromatic carbocycles. The van der Waals surface area contributed by atoms with Crippen LogP contribution in [0.1, 0.15) is 22.3 Å². The smallest absolute Gasteiger partial charge is 0.248 e. The number of pyridine rings is 1. The number of aromatic hydroxyl groups is 1. The Morgan fingerprint density at radius 2 is 1.96 bits per heavy atom. The summed E-state index contributed by atoms with van der Waals surface area (Å²) >= 11 is 0. The van der Waals surface area contributed by atoms with Crippen molar-refractivity contribution >= 4 is 16.8 Å². The van der Waals surface area contributed by atoms with E-state index in [0.717, 1.165) is 41.5 Å². The number of benzene rings is 2. The summed E-state index contributed by atoms with van der Waals surface area (Å²) in [7, 11) is 4.05. The number of hydrogen-bond acceptors (Lipinski definition) is 4. The molecule has 0 fully saturated rings. The number of phenolic OH excluding ortho intramolecular Hbond substituents is 1. The Morgan fingerprint density at radius 1 is 1.15 bits per heavy atom. The third kappa shape index (κ3) is 3.83. The summed E-state index contributed by atoms with van der Waals surface area (Å²) in [6, 6.07) is 13.1. The van der Waals surface area contributed by atoms with E-state index in [4.69, 9.17) is 5.73 Å². The van der Waals surface area contributed by atoms with E-state index in [0.29, 0.717) is 11.1 Å². The van der Waals surface area contributed by atoms with Gasteiger partial charge in [0.15, 0.2) is 0 Å². The molecular formula is C21H23N3O2. The molecule has 1 aromatic heterocycles. The molecule has 0 saturated carbocycles. The van der Waals surface area contributed by atoms with E-state index >= 15 is 0 Å². The first-order valence-electron chi connectivity index (χ1n) is 8.61. The highest BCUT2D eigenvalue weighted by molar-refractivity contribution is 5.95. The average molecular weight is 349 g/mol. The Labute approximate surface area is 153 Å². The van der Waals surface area contributed by atoms with Crippen molar-refractivity contribution in [3.05, 3.63) is 59.8 Å². The molecule has 5 heteroatoms. The van der Waals surface area contributed by atoms with Gasteiger partial charge in [0.1, 0.15) is 11.3 Å². The summed E-state index contributed by atoms with van der Waals surface area (Å²) in [5.74, 6) is -0.270. The van der Waals surface area contributed by atoms with Gasteiger partial charge in [-0.2, -0.15) is 0 Å². The van der Waals surface area contributed by atoms with Crippen LogP contribution in [0.15, 0.2) is 48.7 Å². The number of primary amides is 1. The lowest BCUT2D eigenvalue weighted by molar-refractivity contribution is 0.0999. The molecule has 0 saturated heterocycles. The predicted molar refractivity (Wildman–Crippen MR) is 104 cm³/mol. The van der Waals surface area contributed by atoms with E-state index in [9.17, 15) is 9.90 Å². The number of carbonyl (C=O) groups excluding carboxylic acids is 1. The zero-order chi connectivity index (χ0) is 18.7. The fourth-order valence-electron chi connectivity index (χ4n) is 3.15. The summed E-state index contributed by atoms with van der Waals surface area (Å²) in [6.07, 6.45) is 3.36. The topological polar surface area (TPSA) is 79.4 Å². The number of aryl methyl sites for hydroxylation is 1. The van der Waals surface area contributed by atoms with Crippen molar-refractivity contribution < 1.29 is 9.90 Å². The van der Waals surface area contributed by atoms with Crippen LogP contribution < -0.4 is 5.73 Å². The van der Waals surface area contributed by atoms with Gasteiger partial charge in [0.05, 0.1) is 0 Å². The fraction of sp³-hybridized carbons (Fsp3) is 0.238. The maximum atomic E-state index is 11.8. The van der Waals surface area contributed by atoms with Crippen LogP contribution in [0.4, 0.5) is 0 Å². The lowest BCUT2D eigenvalue weighted by Crippen LogP contribution is -2.16. The molecule has 0 atom stereocenters. The van der Waals surface area contributed by atoms with Gasteiger partial charge in [-0.15, -0.1) is 0 Å². The number of phenols is 1. The average Bonchev–Trinajstić information content (AvgIpc) is 2.61. The van der Waals surface area contributed by atoms with Gasteiger partial charge in [-0.05, 0) is 74.4 Å². The fourth-order valence-corrected chi connectivity index (χ4v) is 3.15. The van der Waals surface area contributed by atoms with Crippen molar-refractivity contribution in [3.63, 3.8) is 0 Å².